The standard InChI is InChI=1S/C15H10Br2FNO/c16-11-3-6-14(13(17)9-11)19-8-7-15(20)10-1-4-12(18)5-2-10/h1-9,19H/b8-7+. The van der Waals surface area contributed by atoms with E-state index in [1.54, 1.807) is 6.20 Å². The summed E-state index contributed by atoms with van der Waals surface area (Å²) in [7, 11) is 0. The summed E-state index contributed by atoms with van der Waals surface area (Å²) < 4.78 is 14.6. The zero-order valence-electron chi connectivity index (χ0n) is 10.2. The SMILES string of the molecule is O=C(/C=C/Nc1ccc(Br)cc1Br)c1ccc(F)cc1. The highest BCUT2D eigenvalue weighted by Crippen LogP contribution is 2.26. The van der Waals surface area contributed by atoms with Gasteiger partial charge in [-0.05, 0) is 58.4 Å². The zero-order chi connectivity index (χ0) is 14.5. The Kier molecular flexibility index (Phi) is 5.09. The van der Waals surface area contributed by atoms with Crippen LogP contribution in [0, 0.1) is 5.82 Å². The van der Waals surface area contributed by atoms with Crippen LogP contribution < -0.4 is 5.32 Å². The first-order valence-corrected chi connectivity index (χ1v) is 7.33. The number of benzene rings is 2. The molecule has 0 aliphatic carbocycles. The molecule has 20 heavy (non-hydrogen) atoms. The van der Waals surface area contributed by atoms with Crippen molar-refractivity contribution in [2.75, 3.05) is 5.32 Å². The highest BCUT2D eigenvalue weighted by molar-refractivity contribution is 9.11. The first-order chi connectivity index (χ1) is 9.56. The second kappa shape index (κ2) is 6.81. The van der Waals surface area contributed by atoms with Gasteiger partial charge in [0.2, 0.25) is 0 Å². The average Bonchev–Trinajstić information content (AvgIpc) is 2.42. The van der Waals surface area contributed by atoms with Crippen molar-refractivity contribution in [2.45, 2.75) is 0 Å². The van der Waals surface area contributed by atoms with Crippen LogP contribution in [0.4, 0.5) is 10.1 Å². The normalized spacial score (nSPS) is 10.8. The molecule has 0 radical (unpaired) electrons. The van der Waals surface area contributed by atoms with Crippen LogP contribution in [0.25, 0.3) is 0 Å². The predicted molar refractivity (Wildman–Crippen MR) is 85.3 cm³/mol. The Hall–Kier alpha value is -1.46. The Morgan fingerprint density at radius 3 is 2.45 bits per heavy atom. The number of hydrogen-bond donors (Lipinski definition) is 1. The van der Waals surface area contributed by atoms with Crippen molar-refractivity contribution in [2.24, 2.45) is 0 Å². The van der Waals surface area contributed by atoms with Crippen molar-refractivity contribution in [3.63, 3.8) is 0 Å². The van der Waals surface area contributed by atoms with Gasteiger partial charge in [-0.25, -0.2) is 4.39 Å². The van der Waals surface area contributed by atoms with E-state index in [1.807, 2.05) is 18.2 Å². The third kappa shape index (κ3) is 4.02. The van der Waals surface area contributed by atoms with Crippen LogP contribution in [0.3, 0.4) is 0 Å². The molecule has 0 spiro atoms. The van der Waals surface area contributed by atoms with Gasteiger partial charge in [0.25, 0.3) is 0 Å². The molecule has 2 aromatic rings. The maximum atomic E-state index is 12.7. The fraction of sp³-hybridized carbons (Fsp3) is 0. The lowest BCUT2D eigenvalue weighted by molar-refractivity contribution is 0.104. The van der Waals surface area contributed by atoms with Crippen molar-refractivity contribution in [1.29, 1.82) is 0 Å². The first kappa shape index (κ1) is 14.9. The Balaban J connectivity index is 2.02. The number of halogens is 3. The number of carbonyl (C=O) groups is 1. The first-order valence-electron chi connectivity index (χ1n) is 5.74. The summed E-state index contributed by atoms with van der Waals surface area (Å²) in [5.74, 6) is -0.548. The van der Waals surface area contributed by atoms with E-state index >= 15 is 0 Å². The van der Waals surface area contributed by atoms with Gasteiger partial charge in [0.1, 0.15) is 5.82 Å². The molecule has 0 heterocycles. The van der Waals surface area contributed by atoms with Crippen molar-refractivity contribution in [3.8, 4) is 0 Å². The lowest BCUT2D eigenvalue weighted by Crippen LogP contribution is -1.96. The fourth-order valence-corrected chi connectivity index (χ4v) is 2.69. The Labute approximate surface area is 133 Å². The Bertz CT molecular complexity index is 653. The van der Waals surface area contributed by atoms with E-state index in [9.17, 15) is 9.18 Å². The minimum Gasteiger partial charge on any atom is -0.361 e. The molecule has 0 aliphatic heterocycles. The molecule has 0 fully saturated rings. The second-order valence-corrected chi connectivity index (χ2v) is 5.74. The monoisotopic (exact) mass is 397 g/mol. The molecule has 0 unspecified atom stereocenters. The number of allylic oxidation sites excluding steroid dienone is 1. The Morgan fingerprint density at radius 2 is 1.80 bits per heavy atom. The molecule has 0 atom stereocenters. The van der Waals surface area contributed by atoms with Crippen molar-refractivity contribution in [1.82, 2.24) is 0 Å². The number of rotatable bonds is 4. The summed E-state index contributed by atoms with van der Waals surface area (Å²) in [6.07, 6.45) is 2.96. The number of carbonyl (C=O) groups excluding carboxylic acids is 1. The third-order valence-corrected chi connectivity index (χ3v) is 3.68. The summed E-state index contributed by atoms with van der Waals surface area (Å²) in [6, 6.07) is 11.1. The van der Waals surface area contributed by atoms with Gasteiger partial charge in [-0.3, -0.25) is 4.79 Å². The van der Waals surface area contributed by atoms with Crippen LogP contribution in [-0.2, 0) is 0 Å². The van der Waals surface area contributed by atoms with E-state index in [2.05, 4.69) is 37.2 Å². The molecule has 2 nitrogen and oxygen atoms in total. The highest BCUT2D eigenvalue weighted by Gasteiger charge is 2.02. The summed E-state index contributed by atoms with van der Waals surface area (Å²) in [5.41, 5.74) is 1.29. The van der Waals surface area contributed by atoms with E-state index in [-0.39, 0.29) is 11.6 Å². The van der Waals surface area contributed by atoms with Crippen LogP contribution in [-0.4, -0.2) is 5.78 Å². The molecule has 0 aliphatic rings. The van der Waals surface area contributed by atoms with Crippen LogP contribution in [0.1, 0.15) is 10.4 Å². The minimum atomic E-state index is -0.359. The molecule has 0 bridgehead atoms. The van der Waals surface area contributed by atoms with Crippen LogP contribution >= 0.6 is 31.9 Å². The molecule has 2 rings (SSSR count). The topological polar surface area (TPSA) is 29.1 Å². The van der Waals surface area contributed by atoms with Gasteiger partial charge in [0.05, 0.1) is 5.69 Å². The van der Waals surface area contributed by atoms with Gasteiger partial charge < -0.3 is 5.32 Å². The van der Waals surface area contributed by atoms with Gasteiger partial charge in [0.15, 0.2) is 5.78 Å². The van der Waals surface area contributed by atoms with Crippen LogP contribution in [0.5, 0.6) is 0 Å². The molecule has 5 heteroatoms. The highest BCUT2D eigenvalue weighted by atomic mass is 79.9. The fourth-order valence-electron chi connectivity index (χ4n) is 1.52. The average molecular weight is 399 g/mol. The van der Waals surface area contributed by atoms with E-state index < -0.39 is 0 Å². The van der Waals surface area contributed by atoms with Gasteiger partial charge in [0, 0.05) is 26.8 Å². The minimum absolute atomic E-state index is 0.189. The molecule has 2 aromatic carbocycles. The van der Waals surface area contributed by atoms with Crippen LogP contribution in [0.2, 0.25) is 0 Å². The van der Waals surface area contributed by atoms with Gasteiger partial charge in [-0.15, -0.1) is 0 Å². The van der Waals surface area contributed by atoms with Crippen molar-refractivity contribution < 1.29 is 9.18 Å². The molecule has 102 valence electrons. The number of hydrogen-bond acceptors (Lipinski definition) is 2. The van der Waals surface area contributed by atoms with Gasteiger partial charge in [-0.1, -0.05) is 15.9 Å². The maximum absolute atomic E-state index is 12.7. The molecule has 0 amide bonds. The maximum Gasteiger partial charge on any atom is 0.187 e. The predicted octanol–water partition coefficient (Wildman–Crippen LogP) is 5.16. The summed E-state index contributed by atoms with van der Waals surface area (Å²) in [4.78, 5) is 11.8. The van der Waals surface area contributed by atoms with Crippen molar-refractivity contribution in [3.05, 3.63) is 75.1 Å². The van der Waals surface area contributed by atoms with E-state index in [4.69, 9.17) is 0 Å². The lowest BCUT2D eigenvalue weighted by atomic mass is 10.1. The summed E-state index contributed by atoms with van der Waals surface area (Å²) in [6.45, 7) is 0. The number of nitrogens with one attached hydrogen (secondary N) is 1. The van der Waals surface area contributed by atoms with Crippen molar-refractivity contribution >= 4 is 43.3 Å². The summed E-state index contributed by atoms with van der Waals surface area (Å²) in [5, 5.41) is 3.01. The van der Waals surface area contributed by atoms with Crippen LogP contribution in [0.15, 0.2) is 63.7 Å². The molecule has 0 saturated heterocycles. The lowest BCUT2D eigenvalue weighted by Gasteiger charge is -2.04. The van der Waals surface area contributed by atoms with Gasteiger partial charge >= 0.3 is 0 Å². The zero-order valence-corrected chi connectivity index (χ0v) is 13.4. The third-order valence-electron chi connectivity index (χ3n) is 2.53. The van der Waals surface area contributed by atoms with E-state index in [1.165, 1.54) is 30.3 Å². The molecule has 0 aromatic heterocycles. The quantitative estimate of drug-likeness (QED) is 0.569. The molecular weight excluding hydrogens is 389 g/mol. The molecule has 1 N–H and O–H groups in total. The second-order valence-electron chi connectivity index (χ2n) is 3.97. The van der Waals surface area contributed by atoms with E-state index in [0.29, 0.717) is 5.56 Å². The number of anilines is 1. The summed E-state index contributed by atoms with van der Waals surface area (Å²) >= 11 is 6.78. The Morgan fingerprint density at radius 1 is 1.10 bits per heavy atom. The largest absolute Gasteiger partial charge is 0.361 e. The molecular formula is C15H10Br2FNO. The van der Waals surface area contributed by atoms with E-state index in [0.717, 1.165) is 14.6 Å². The number of ketones is 1. The smallest absolute Gasteiger partial charge is 0.187 e. The van der Waals surface area contributed by atoms with Gasteiger partial charge in [-0.2, -0.15) is 0 Å². The molecule has 0 saturated carbocycles.